The highest BCUT2D eigenvalue weighted by Gasteiger charge is 2.51. The summed E-state index contributed by atoms with van der Waals surface area (Å²) in [7, 11) is 0. The number of benzene rings is 1. The van der Waals surface area contributed by atoms with Gasteiger partial charge in [0, 0.05) is 31.1 Å². The number of amides is 2. The van der Waals surface area contributed by atoms with Crippen LogP contribution in [0.15, 0.2) is 30.6 Å². The summed E-state index contributed by atoms with van der Waals surface area (Å²) in [6, 6.07) is 7.57. The van der Waals surface area contributed by atoms with E-state index >= 15 is 0 Å². The smallest absolute Gasteiger partial charge is 0.230 e. The van der Waals surface area contributed by atoms with Crippen LogP contribution in [0.25, 0.3) is 0 Å². The molecule has 0 unspecified atom stereocenters. The largest absolute Gasteiger partial charge is 0.355 e. The van der Waals surface area contributed by atoms with Crippen molar-refractivity contribution in [1.29, 1.82) is 0 Å². The molecular formula is C20H25ClN6O2. The van der Waals surface area contributed by atoms with Crippen molar-refractivity contribution in [2.75, 3.05) is 19.6 Å². The summed E-state index contributed by atoms with van der Waals surface area (Å²) in [6.45, 7) is 2.54. The van der Waals surface area contributed by atoms with Gasteiger partial charge in [-0.15, -0.1) is 5.10 Å². The average Bonchev–Trinajstić information content (AvgIpc) is 3.39. The number of carbonyl (C=O) groups excluding carboxylic acids is 2. The van der Waals surface area contributed by atoms with Gasteiger partial charge in [-0.1, -0.05) is 23.7 Å². The summed E-state index contributed by atoms with van der Waals surface area (Å²) >= 11 is 5.97. The molecule has 0 bridgehead atoms. The third-order valence-corrected chi connectivity index (χ3v) is 6.20. The number of hydrogen-bond donors (Lipinski definition) is 1. The second-order valence-electron chi connectivity index (χ2n) is 7.97. The summed E-state index contributed by atoms with van der Waals surface area (Å²) in [4.78, 5) is 27.3. The molecule has 4 rings (SSSR count). The van der Waals surface area contributed by atoms with E-state index in [0.717, 1.165) is 37.8 Å². The molecule has 0 radical (unpaired) electrons. The molecule has 1 atom stereocenters. The quantitative estimate of drug-likeness (QED) is 0.742. The van der Waals surface area contributed by atoms with E-state index in [0.29, 0.717) is 31.1 Å². The molecule has 1 aromatic carbocycles. The first kappa shape index (κ1) is 19.8. The van der Waals surface area contributed by atoms with E-state index in [2.05, 4.69) is 20.8 Å². The average molecular weight is 417 g/mol. The van der Waals surface area contributed by atoms with Gasteiger partial charge in [0.1, 0.15) is 6.33 Å². The van der Waals surface area contributed by atoms with Crippen molar-refractivity contribution in [2.45, 2.75) is 44.1 Å². The van der Waals surface area contributed by atoms with Gasteiger partial charge in [-0.25, -0.2) is 4.68 Å². The van der Waals surface area contributed by atoms with Crippen molar-refractivity contribution in [2.24, 2.45) is 5.92 Å². The summed E-state index contributed by atoms with van der Waals surface area (Å²) in [6.07, 6.45) is 5.60. The Balaban J connectivity index is 1.26. The van der Waals surface area contributed by atoms with Crippen LogP contribution in [0.2, 0.25) is 5.02 Å². The monoisotopic (exact) mass is 416 g/mol. The maximum absolute atomic E-state index is 12.9. The van der Waals surface area contributed by atoms with Crippen LogP contribution < -0.4 is 5.32 Å². The van der Waals surface area contributed by atoms with E-state index in [1.807, 2.05) is 29.2 Å². The number of aryl methyl sites for hydroxylation is 1. The van der Waals surface area contributed by atoms with Crippen LogP contribution in [0.4, 0.5) is 0 Å². The Morgan fingerprint density at radius 3 is 2.72 bits per heavy atom. The molecule has 1 aliphatic carbocycles. The molecule has 2 fully saturated rings. The Morgan fingerprint density at radius 1 is 1.24 bits per heavy atom. The molecule has 8 nitrogen and oxygen atoms in total. The zero-order valence-electron chi connectivity index (χ0n) is 16.3. The van der Waals surface area contributed by atoms with E-state index in [1.54, 1.807) is 4.68 Å². The molecule has 2 aromatic rings. The van der Waals surface area contributed by atoms with Crippen LogP contribution in [-0.4, -0.2) is 56.6 Å². The van der Waals surface area contributed by atoms with Gasteiger partial charge >= 0.3 is 0 Å². The molecule has 9 heteroatoms. The van der Waals surface area contributed by atoms with Gasteiger partial charge in [-0.3, -0.25) is 9.59 Å². The highest BCUT2D eigenvalue weighted by Crippen LogP contribution is 2.48. The highest BCUT2D eigenvalue weighted by atomic mass is 35.5. The van der Waals surface area contributed by atoms with Gasteiger partial charge in [-0.2, -0.15) is 0 Å². The third-order valence-electron chi connectivity index (χ3n) is 5.95. The molecule has 1 aliphatic heterocycles. The molecule has 0 spiro atoms. The van der Waals surface area contributed by atoms with Crippen LogP contribution >= 0.6 is 11.6 Å². The predicted molar refractivity (Wildman–Crippen MR) is 107 cm³/mol. The lowest BCUT2D eigenvalue weighted by Crippen LogP contribution is -2.45. The first-order valence-corrected chi connectivity index (χ1v) is 10.5. The first-order chi connectivity index (χ1) is 14.1. The fraction of sp³-hybridized carbons (Fsp3) is 0.550. The normalized spacial score (nSPS) is 20.3. The molecule has 1 aromatic heterocycles. The lowest BCUT2D eigenvalue weighted by Gasteiger charge is -2.33. The minimum absolute atomic E-state index is 0.0851. The third kappa shape index (κ3) is 4.58. The lowest BCUT2D eigenvalue weighted by molar-refractivity contribution is -0.133. The number of tetrazole rings is 1. The highest BCUT2D eigenvalue weighted by molar-refractivity contribution is 6.30. The second kappa shape index (κ2) is 8.49. The van der Waals surface area contributed by atoms with Crippen molar-refractivity contribution in [3.05, 3.63) is 41.2 Å². The van der Waals surface area contributed by atoms with Gasteiger partial charge in [-0.05, 0) is 59.7 Å². The molecular weight excluding hydrogens is 392 g/mol. The van der Waals surface area contributed by atoms with E-state index in [-0.39, 0.29) is 17.7 Å². The summed E-state index contributed by atoms with van der Waals surface area (Å²) in [5.41, 5.74) is 0.628. The van der Waals surface area contributed by atoms with Crippen molar-refractivity contribution >= 4 is 23.4 Å². The number of carbonyl (C=O) groups is 2. The second-order valence-corrected chi connectivity index (χ2v) is 8.41. The van der Waals surface area contributed by atoms with Crippen LogP contribution in [-0.2, 0) is 21.5 Å². The first-order valence-electron chi connectivity index (χ1n) is 10.1. The lowest BCUT2D eigenvalue weighted by atomic mass is 9.93. The minimum Gasteiger partial charge on any atom is -0.355 e. The molecule has 2 amide bonds. The van der Waals surface area contributed by atoms with Crippen LogP contribution in [0, 0.1) is 5.92 Å². The molecule has 154 valence electrons. The summed E-state index contributed by atoms with van der Waals surface area (Å²) in [5.74, 6) is 0.476. The van der Waals surface area contributed by atoms with Gasteiger partial charge < -0.3 is 10.2 Å². The van der Waals surface area contributed by atoms with Crippen LogP contribution in [0.1, 0.15) is 37.7 Å². The number of piperidine rings is 1. The van der Waals surface area contributed by atoms with E-state index in [9.17, 15) is 9.59 Å². The van der Waals surface area contributed by atoms with Crippen molar-refractivity contribution in [3.8, 4) is 0 Å². The molecule has 1 saturated carbocycles. The van der Waals surface area contributed by atoms with E-state index < -0.39 is 5.41 Å². The number of hydrogen-bond acceptors (Lipinski definition) is 5. The Labute approximate surface area is 174 Å². The molecule has 29 heavy (non-hydrogen) atoms. The Morgan fingerprint density at radius 2 is 2.03 bits per heavy atom. The Hall–Kier alpha value is -2.48. The maximum atomic E-state index is 12.9. The zero-order valence-corrected chi connectivity index (χ0v) is 17.0. The standard InChI is InChI=1S/C20H25ClN6O2/c21-17-5-3-16(4-6-17)20(8-9-20)19(29)22-12-15-2-1-10-26(13-15)18(28)7-11-27-14-23-24-25-27/h3-6,14-15H,1-2,7-13H2,(H,22,29)/t15-/m1/s1. The predicted octanol–water partition coefficient (Wildman–Crippen LogP) is 1.80. The molecule has 2 aliphatic rings. The molecule has 1 N–H and O–H groups in total. The molecule has 1 saturated heterocycles. The number of nitrogens with zero attached hydrogens (tertiary/aromatic N) is 5. The van der Waals surface area contributed by atoms with Crippen molar-refractivity contribution in [1.82, 2.24) is 30.4 Å². The van der Waals surface area contributed by atoms with Gasteiger partial charge in [0.05, 0.1) is 12.0 Å². The number of nitrogens with one attached hydrogen (secondary N) is 1. The summed E-state index contributed by atoms with van der Waals surface area (Å²) in [5, 5.41) is 14.8. The van der Waals surface area contributed by atoms with Crippen molar-refractivity contribution < 1.29 is 9.59 Å². The zero-order chi connectivity index (χ0) is 20.3. The van der Waals surface area contributed by atoms with Crippen molar-refractivity contribution in [3.63, 3.8) is 0 Å². The van der Waals surface area contributed by atoms with E-state index in [4.69, 9.17) is 11.6 Å². The maximum Gasteiger partial charge on any atom is 0.230 e. The van der Waals surface area contributed by atoms with Crippen LogP contribution in [0.3, 0.4) is 0 Å². The Bertz CT molecular complexity index is 850. The van der Waals surface area contributed by atoms with Gasteiger partial charge in [0.15, 0.2) is 0 Å². The fourth-order valence-electron chi connectivity index (χ4n) is 4.06. The number of rotatable bonds is 7. The topological polar surface area (TPSA) is 93.0 Å². The minimum atomic E-state index is -0.402. The fourth-order valence-corrected chi connectivity index (χ4v) is 4.18. The van der Waals surface area contributed by atoms with Crippen LogP contribution in [0.5, 0.6) is 0 Å². The van der Waals surface area contributed by atoms with Gasteiger partial charge in [0.2, 0.25) is 11.8 Å². The number of likely N-dealkylation sites (tertiary alicyclic amines) is 1. The number of halogens is 1. The number of aromatic nitrogens is 4. The Kier molecular flexibility index (Phi) is 5.80. The van der Waals surface area contributed by atoms with E-state index in [1.165, 1.54) is 6.33 Å². The summed E-state index contributed by atoms with van der Waals surface area (Å²) < 4.78 is 1.56. The SMILES string of the molecule is O=C(CCn1cnnn1)N1CCC[C@H](CNC(=O)C2(c3ccc(Cl)cc3)CC2)C1. The molecule has 2 heterocycles. The van der Waals surface area contributed by atoms with Gasteiger partial charge in [0.25, 0.3) is 0 Å².